The fourth-order valence-corrected chi connectivity index (χ4v) is 2.48. The van der Waals surface area contributed by atoms with E-state index in [9.17, 15) is 5.11 Å². The lowest BCUT2D eigenvalue weighted by atomic mass is 10.1. The lowest BCUT2D eigenvalue weighted by Crippen LogP contribution is -2.25. The molecular formula is C12H19N3O. The largest absolute Gasteiger partial charge is 0.387 e. The molecule has 0 saturated heterocycles. The SMILES string of the molecule is CCN(CC)c1ncnc2c1[C@H](C)C[C@H]2O. The van der Waals surface area contributed by atoms with Crippen LogP contribution in [0.1, 0.15) is 50.5 Å². The zero-order valence-electron chi connectivity index (χ0n) is 10.1. The number of aliphatic hydroxyl groups excluding tert-OH is 1. The lowest BCUT2D eigenvalue weighted by molar-refractivity contribution is 0.170. The van der Waals surface area contributed by atoms with E-state index in [-0.39, 0.29) is 0 Å². The first-order valence-corrected chi connectivity index (χ1v) is 5.96. The van der Waals surface area contributed by atoms with Gasteiger partial charge in [-0.05, 0) is 26.2 Å². The Morgan fingerprint density at radius 2 is 2.06 bits per heavy atom. The van der Waals surface area contributed by atoms with E-state index in [1.54, 1.807) is 6.33 Å². The van der Waals surface area contributed by atoms with Crippen LogP contribution in [0.4, 0.5) is 5.82 Å². The van der Waals surface area contributed by atoms with Crippen LogP contribution in [0.25, 0.3) is 0 Å². The third kappa shape index (κ3) is 1.67. The van der Waals surface area contributed by atoms with E-state index in [1.165, 1.54) is 0 Å². The van der Waals surface area contributed by atoms with E-state index in [1.807, 2.05) is 0 Å². The van der Waals surface area contributed by atoms with Crippen LogP contribution >= 0.6 is 0 Å². The summed E-state index contributed by atoms with van der Waals surface area (Å²) < 4.78 is 0. The molecule has 0 aliphatic heterocycles. The molecule has 0 bridgehead atoms. The number of aliphatic hydroxyl groups is 1. The minimum absolute atomic E-state index is 0.349. The van der Waals surface area contributed by atoms with Gasteiger partial charge in [0.2, 0.25) is 0 Å². The van der Waals surface area contributed by atoms with Crippen molar-refractivity contribution in [2.45, 2.75) is 39.2 Å². The molecule has 1 aliphatic rings. The highest BCUT2D eigenvalue weighted by Crippen LogP contribution is 2.42. The molecule has 1 aromatic heterocycles. The molecule has 1 aliphatic carbocycles. The molecule has 0 unspecified atom stereocenters. The maximum absolute atomic E-state index is 9.89. The molecule has 0 spiro atoms. The van der Waals surface area contributed by atoms with Crippen molar-refractivity contribution in [3.8, 4) is 0 Å². The quantitative estimate of drug-likeness (QED) is 0.846. The summed E-state index contributed by atoms with van der Waals surface area (Å²) in [6.45, 7) is 8.24. The highest BCUT2D eigenvalue weighted by molar-refractivity contribution is 5.53. The van der Waals surface area contributed by atoms with Gasteiger partial charge in [0.1, 0.15) is 12.1 Å². The Morgan fingerprint density at radius 3 is 2.69 bits per heavy atom. The second-order valence-electron chi connectivity index (χ2n) is 4.32. The summed E-state index contributed by atoms with van der Waals surface area (Å²) in [5, 5.41) is 9.89. The Morgan fingerprint density at radius 1 is 1.38 bits per heavy atom. The van der Waals surface area contributed by atoms with Crippen LogP contribution in [0.3, 0.4) is 0 Å². The van der Waals surface area contributed by atoms with E-state index in [0.29, 0.717) is 5.92 Å². The number of aromatic nitrogens is 2. The zero-order valence-corrected chi connectivity index (χ0v) is 10.1. The molecular weight excluding hydrogens is 202 g/mol. The number of fused-ring (bicyclic) bond motifs is 1. The highest BCUT2D eigenvalue weighted by atomic mass is 16.3. The molecule has 0 fully saturated rings. The van der Waals surface area contributed by atoms with Gasteiger partial charge in [-0.1, -0.05) is 6.92 Å². The fraction of sp³-hybridized carbons (Fsp3) is 0.667. The van der Waals surface area contributed by atoms with E-state index < -0.39 is 6.10 Å². The summed E-state index contributed by atoms with van der Waals surface area (Å²) in [5.74, 6) is 1.35. The van der Waals surface area contributed by atoms with Crippen molar-refractivity contribution in [1.82, 2.24) is 9.97 Å². The van der Waals surface area contributed by atoms with Crippen LogP contribution in [0, 0.1) is 0 Å². The molecule has 0 saturated carbocycles. The van der Waals surface area contributed by atoms with Crippen LogP contribution in [-0.2, 0) is 0 Å². The smallest absolute Gasteiger partial charge is 0.135 e. The molecule has 0 aromatic carbocycles. The van der Waals surface area contributed by atoms with Gasteiger partial charge in [0, 0.05) is 18.7 Å². The highest BCUT2D eigenvalue weighted by Gasteiger charge is 2.32. The Hall–Kier alpha value is -1.16. The van der Waals surface area contributed by atoms with E-state index in [4.69, 9.17) is 0 Å². The molecule has 88 valence electrons. The third-order valence-corrected chi connectivity index (χ3v) is 3.34. The Labute approximate surface area is 96.3 Å². The van der Waals surface area contributed by atoms with Crippen molar-refractivity contribution in [2.24, 2.45) is 0 Å². The minimum atomic E-state index is -0.415. The van der Waals surface area contributed by atoms with Gasteiger partial charge in [-0.2, -0.15) is 0 Å². The topological polar surface area (TPSA) is 49.2 Å². The Kier molecular flexibility index (Phi) is 3.10. The number of nitrogens with zero attached hydrogens (tertiary/aromatic N) is 3. The van der Waals surface area contributed by atoms with Gasteiger partial charge in [0.05, 0.1) is 11.8 Å². The molecule has 2 atom stereocenters. The standard InChI is InChI=1S/C12H19N3O/c1-4-15(5-2)12-10-8(3)6-9(16)11(10)13-7-14-12/h7-9,16H,4-6H2,1-3H3/t8-,9-/m1/s1. The normalized spacial score (nSPS) is 23.2. The van der Waals surface area contributed by atoms with Crippen molar-refractivity contribution in [2.75, 3.05) is 18.0 Å². The molecule has 0 radical (unpaired) electrons. The molecule has 1 aromatic rings. The first-order valence-electron chi connectivity index (χ1n) is 5.96. The van der Waals surface area contributed by atoms with Crippen LogP contribution in [0.5, 0.6) is 0 Å². The van der Waals surface area contributed by atoms with Crippen molar-refractivity contribution in [1.29, 1.82) is 0 Å². The third-order valence-electron chi connectivity index (χ3n) is 3.34. The van der Waals surface area contributed by atoms with E-state index in [2.05, 4.69) is 35.6 Å². The average Bonchev–Trinajstić information content (AvgIpc) is 2.57. The monoisotopic (exact) mass is 221 g/mol. The van der Waals surface area contributed by atoms with Gasteiger partial charge in [0.25, 0.3) is 0 Å². The van der Waals surface area contributed by atoms with Crippen molar-refractivity contribution < 1.29 is 5.11 Å². The first kappa shape index (κ1) is 11.3. The summed E-state index contributed by atoms with van der Waals surface area (Å²) >= 11 is 0. The van der Waals surface area contributed by atoms with Crippen molar-refractivity contribution in [3.05, 3.63) is 17.6 Å². The zero-order chi connectivity index (χ0) is 11.7. The second-order valence-corrected chi connectivity index (χ2v) is 4.32. The summed E-state index contributed by atoms with van der Waals surface area (Å²) in [6, 6.07) is 0. The van der Waals surface area contributed by atoms with Gasteiger partial charge >= 0.3 is 0 Å². The summed E-state index contributed by atoms with van der Waals surface area (Å²) in [6.07, 6.45) is 1.91. The number of rotatable bonds is 3. The van der Waals surface area contributed by atoms with Crippen LogP contribution in [-0.4, -0.2) is 28.2 Å². The Bertz CT molecular complexity index is 377. The van der Waals surface area contributed by atoms with Gasteiger partial charge < -0.3 is 10.0 Å². The average molecular weight is 221 g/mol. The minimum Gasteiger partial charge on any atom is -0.387 e. The van der Waals surface area contributed by atoms with Gasteiger partial charge in [0.15, 0.2) is 0 Å². The molecule has 4 nitrogen and oxygen atoms in total. The lowest BCUT2D eigenvalue weighted by Gasteiger charge is -2.23. The summed E-state index contributed by atoms with van der Waals surface area (Å²) in [7, 11) is 0. The summed E-state index contributed by atoms with van der Waals surface area (Å²) in [5.41, 5.74) is 1.96. The van der Waals surface area contributed by atoms with Crippen LogP contribution in [0.15, 0.2) is 6.33 Å². The van der Waals surface area contributed by atoms with Crippen LogP contribution < -0.4 is 4.90 Å². The number of anilines is 1. The summed E-state index contributed by atoms with van der Waals surface area (Å²) in [4.78, 5) is 10.8. The van der Waals surface area contributed by atoms with Crippen LogP contribution in [0.2, 0.25) is 0 Å². The number of hydrogen-bond acceptors (Lipinski definition) is 4. The molecule has 0 amide bonds. The Balaban J connectivity index is 2.48. The predicted molar refractivity (Wildman–Crippen MR) is 63.6 cm³/mol. The molecule has 1 N–H and O–H groups in total. The second kappa shape index (κ2) is 4.37. The van der Waals surface area contributed by atoms with Crippen molar-refractivity contribution >= 4 is 5.82 Å². The molecule has 4 heteroatoms. The number of hydrogen-bond donors (Lipinski definition) is 1. The molecule has 2 rings (SSSR count). The van der Waals surface area contributed by atoms with Gasteiger partial charge in [-0.25, -0.2) is 9.97 Å². The first-order chi connectivity index (χ1) is 7.69. The molecule has 1 heterocycles. The molecule has 16 heavy (non-hydrogen) atoms. The van der Waals surface area contributed by atoms with E-state index in [0.717, 1.165) is 36.6 Å². The maximum atomic E-state index is 9.89. The van der Waals surface area contributed by atoms with E-state index >= 15 is 0 Å². The maximum Gasteiger partial charge on any atom is 0.135 e. The fourth-order valence-electron chi connectivity index (χ4n) is 2.48. The van der Waals surface area contributed by atoms with Crippen molar-refractivity contribution in [3.63, 3.8) is 0 Å². The van der Waals surface area contributed by atoms with Gasteiger partial charge in [-0.3, -0.25) is 0 Å². The van der Waals surface area contributed by atoms with Gasteiger partial charge in [-0.15, -0.1) is 0 Å². The predicted octanol–water partition coefficient (Wildman–Crippen LogP) is 1.86.